The average Bonchev–Trinajstić information content (AvgIpc) is 2.66. The Hall–Kier alpha value is -1.75. The highest BCUT2D eigenvalue weighted by Crippen LogP contribution is 2.38. The Kier molecular flexibility index (Phi) is 3.43. The van der Waals surface area contributed by atoms with Gasteiger partial charge in [-0.2, -0.15) is 0 Å². The molecule has 5 heteroatoms. The summed E-state index contributed by atoms with van der Waals surface area (Å²) in [5.41, 5.74) is 2.36. The molecule has 1 heterocycles. The van der Waals surface area contributed by atoms with Crippen LogP contribution in [-0.2, 0) is 6.54 Å². The van der Waals surface area contributed by atoms with Crippen molar-refractivity contribution in [1.29, 1.82) is 0 Å². The molecule has 1 aromatic rings. The summed E-state index contributed by atoms with van der Waals surface area (Å²) in [4.78, 5) is 13.7. The van der Waals surface area contributed by atoms with E-state index in [0.29, 0.717) is 30.2 Å². The fourth-order valence-electron chi connectivity index (χ4n) is 2.36. The maximum absolute atomic E-state index is 12.1. The third kappa shape index (κ3) is 1.80. The first-order valence-electron chi connectivity index (χ1n) is 5.78. The molecule has 5 nitrogen and oxygen atoms in total. The third-order valence-electron chi connectivity index (χ3n) is 3.25. The fourth-order valence-corrected chi connectivity index (χ4v) is 2.36. The Balaban J connectivity index is 2.52. The van der Waals surface area contributed by atoms with E-state index in [1.54, 1.807) is 25.2 Å². The number of amides is 1. The Bertz CT molecular complexity index is 484. The van der Waals surface area contributed by atoms with Crippen molar-refractivity contribution in [3.05, 3.63) is 22.8 Å². The predicted octanol–water partition coefficient (Wildman–Crippen LogP) is 0.960. The van der Waals surface area contributed by atoms with Gasteiger partial charge in [0.1, 0.15) is 11.5 Å². The fraction of sp³-hybridized carbons (Fsp3) is 0.462. The van der Waals surface area contributed by atoms with E-state index in [1.165, 1.54) is 0 Å². The molecule has 0 saturated carbocycles. The molecule has 0 atom stereocenters. The van der Waals surface area contributed by atoms with Gasteiger partial charge in [-0.15, -0.1) is 0 Å². The number of fused-ring (bicyclic) bond motifs is 1. The van der Waals surface area contributed by atoms with E-state index in [-0.39, 0.29) is 12.5 Å². The zero-order chi connectivity index (χ0) is 13.3. The minimum atomic E-state index is -0.0874. The van der Waals surface area contributed by atoms with Crippen molar-refractivity contribution < 1.29 is 19.4 Å². The monoisotopic (exact) mass is 251 g/mol. The van der Waals surface area contributed by atoms with Crippen molar-refractivity contribution in [3.8, 4) is 11.5 Å². The molecule has 1 amide bonds. The zero-order valence-electron chi connectivity index (χ0n) is 10.8. The maximum atomic E-state index is 12.1. The van der Waals surface area contributed by atoms with Crippen molar-refractivity contribution in [2.45, 2.75) is 13.5 Å². The van der Waals surface area contributed by atoms with E-state index in [4.69, 9.17) is 14.6 Å². The summed E-state index contributed by atoms with van der Waals surface area (Å²) in [5, 5.41) is 8.96. The predicted molar refractivity (Wildman–Crippen MR) is 66.1 cm³/mol. The second-order valence-corrected chi connectivity index (χ2v) is 4.21. The number of carbonyl (C=O) groups excluding carboxylic acids is 1. The molecule has 1 aromatic carbocycles. The van der Waals surface area contributed by atoms with Crippen molar-refractivity contribution >= 4 is 5.91 Å². The van der Waals surface area contributed by atoms with Gasteiger partial charge in [-0.3, -0.25) is 4.79 Å². The zero-order valence-corrected chi connectivity index (χ0v) is 10.8. The van der Waals surface area contributed by atoms with Crippen molar-refractivity contribution in [2.24, 2.45) is 0 Å². The van der Waals surface area contributed by atoms with Gasteiger partial charge in [0.15, 0.2) is 0 Å². The van der Waals surface area contributed by atoms with E-state index in [9.17, 15) is 4.79 Å². The number of nitrogens with zero attached hydrogens (tertiary/aromatic N) is 1. The van der Waals surface area contributed by atoms with Crippen LogP contribution in [0.5, 0.6) is 11.5 Å². The Morgan fingerprint density at radius 2 is 2.11 bits per heavy atom. The van der Waals surface area contributed by atoms with Crippen molar-refractivity contribution in [1.82, 2.24) is 4.90 Å². The van der Waals surface area contributed by atoms with E-state index >= 15 is 0 Å². The minimum absolute atomic E-state index is 0.0435. The summed E-state index contributed by atoms with van der Waals surface area (Å²) in [6, 6.07) is 1.74. The van der Waals surface area contributed by atoms with E-state index in [0.717, 1.165) is 11.1 Å². The molecule has 0 spiro atoms. The molecular formula is C13H17NO4. The summed E-state index contributed by atoms with van der Waals surface area (Å²) in [5.74, 6) is 1.25. The van der Waals surface area contributed by atoms with Gasteiger partial charge in [-0.1, -0.05) is 0 Å². The number of benzene rings is 1. The van der Waals surface area contributed by atoms with E-state index in [1.807, 2.05) is 6.92 Å². The SMILES string of the molecule is COc1cc2c(c(OC)c1C)CN(CCO)C2=O. The van der Waals surface area contributed by atoms with Gasteiger partial charge in [0, 0.05) is 17.7 Å². The highest BCUT2D eigenvalue weighted by atomic mass is 16.5. The summed E-state index contributed by atoms with van der Waals surface area (Å²) in [6.07, 6.45) is 0. The summed E-state index contributed by atoms with van der Waals surface area (Å²) < 4.78 is 10.6. The van der Waals surface area contributed by atoms with Gasteiger partial charge < -0.3 is 19.5 Å². The molecule has 18 heavy (non-hydrogen) atoms. The lowest BCUT2D eigenvalue weighted by atomic mass is 10.0. The van der Waals surface area contributed by atoms with Gasteiger partial charge in [0.05, 0.1) is 32.9 Å². The Labute approximate surface area is 106 Å². The third-order valence-corrected chi connectivity index (χ3v) is 3.25. The lowest BCUT2D eigenvalue weighted by Crippen LogP contribution is -2.26. The first-order chi connectivity index (χ1) is 8.63. The van der Waals surface area contributed by atoms with Crippen LogP contribution in [0.15, 0.2) is 6.07 Å². The van der Waals surface area contributed by atoms with Gasteiger partial charge in [0.25, 0.3) is 5.91 Å². The lowest BCUT2D eigenvalue weighted by molar-refractivity contribution is 0.0745. The van der Waals surface area contributed by atoms with E-state index < -0.39 is 0 Å². The van der Waals surface area contributed by atoms with Gasteiger partial charge in [-0.25, -0.2) is 0 Å². The van der Waals surface area contributed by atoms with Crippen LogP contribution in [0.3, 0.4) is 0 Å². The number of hydrogen-bond donors (Lipinski definition) is 1. The number of carbonyl (C=O) groups is 1. The highest BCUT2D eigenvalue weighted by Gasteiger charge is 2.31. The summed E-state index contributed by atoms with van der Waals surface area (Å²) in [6.45, 7) is 2.66. The molecule has 0 fully saturated rings. The largest absolute Gasteiger partial charge is 0.496 e. The first kappa shape index (κ1) is 12.7. The number of hydrogen-bond acceptors (Lipinski definition) is 4. The summed E-state index contributed by atoms with van der Waals surface area (Å²) in [7, 11) is 3.15. The molecule has 98 valence electrons. The lowest BCUT2D eigenvalue weighted by Gasteiger charge is -2.14. The van der Waals surface area contributed by atoms with Crippen molar-refractivity contribution in [2.75, 3.05) is 27.4 Å². The van der Waals surface area contributed by atoms with Gasteiger partial charge >= 0.3 is 0 Å². The molecule has 0 aliphatic carbocycles. The first-order valence-corrected chi connectivity index (χ1v) is 5.78. The molecule has 0 bridgehead atoms. The number of aliphatic hydroxyl groups is 1. The Morgan fingerprint density at radius 1 is 1.39 bits per heavy atom. The number of rotatable bonds is 4. The van der Waals surface area contributed by atoms with Gasteiger partial charge in [0.2, 0.25) is 0 Å². The number of ether oxygens (including phenoxy) is 2. The van der Waals surface area contributed by atoms with Crippen LogP contribution < -0.4 is 9.47 Å². The maximum Gasteiger partial charge on any atom is 0.254 e. The van der Waals surface area contributed by atoms with Gasteiger partial charge in [-0.05, 0) is 13.0 Å². The van der Waals surface area contributed by atoms with E-state index in [2.05, 4.69) is 0 Å². The number of aliphatic hydroxyl groups excluding tert-OH is 1. The van der Waals surface area contributed by atoms with Crippen LogP contribution in [0, 0.1) is 6.92 Å². The van der Waals surface area contributed by atoms with Crippen molar-refractivity contribution in [3.63, 3.8) is 0 Å². The minimum Gasteiger partial charge on any atom is -0.496 e. The van der Waals surface area contributed by atoms with Crippen LogP contribution in [-0.4, -0.2) is 43.3 Å². The molecular weight excluding hydrogens is 234 g/mol. The standard InChI is InChI=1S/C13H17NO4/c1-8-11(17-2)6-9-10(12(8)18-3)7-14(4-5-15)13(9)16/h6,15H,4-5,7H2,1-3H3. The van der Waals surface area contributed by atoms with Crippen LogP contribution in [0.25, 0.3) is 0 Å². The Morgan fingerprint density at radius 3 is 2.67 bits per heavy atom. The quantitative estimate of drug-likeness (QED) is 0.866. The second kappa shape index (κ2) is 4.86. The normalized spacial score (nSPS) is 13.8. The van der Waals surface area contributed by atoms with Crippen LogP contribution in [0.2, 0.25) is 0 Å². The molecule has 0 radical (unpaired) electrons. The molecule has 0 saturated heterocycles. The number of β-amino-alcohol motifs (C(OH)–C–C–N with tert-alkyl or cyclic N) is 1. The van der Waals surface area contributed by atoms with Crippen LogP contribution in [0.4, 0.5) is 0 Å². The van der Waals surface area contributed by atoms with Crippen LogP contribution >= 0.6 is 0 Å². The molecule has 0 aromatic heterocycles. The average molecular weight is 251 g/mol. The number of methoxy groups -OCH3 is 2. The summed E-state index contributed by atoms with van der Waals surface area (Å²) >= 11 is 0. The molecule has 1 N–H and O–H groups in total. The smallest absolute Gasteiger partial charge is 0.254 e. The molecule has 1 aliphatic heterocycles. The van der Waals surface area contributed by atoms with Crippen LogP contribution in [0.1, 0.15) is 21.5 Å². The topological polar surface area (TPSA) is 59.0 Å². The highest BCUT2D eigenvalue weighted by molar-refractivity contribution is 6.00. The molecule has 2 rings (SSSR count). The second-order valence-electron chi connectivity index (χ2n) is 4.21. The molecule has 0 unspecified atom stereocenters. The molecule has 1 aliphatic rings.